The zero-order chi connectivity index (χ0) is 14.0. The summed E-state index contributed by atoms with van der Waals surface area (Å²) >= 11 is 6.18. The quantitative estimate of drug-likeness (QED) is 0.831. The Kier molecular flexibility index (Phi) is 3.59. The number of pyridine rings is 2. The molecule has 4 nitrogen and oxygen atoms in total. The van der Waals surface area contributed by atoms with Crippen molar-refractivity contribution in [1.82, 2.24) is 15.3 Å². The zero-order valence-corrected chi connectivity index (χ0v) is 12.1. The van der Waals surface area contributed by atoms with E-state index < -0.39 is 0 Å². The van der Waals surface area contributed by atoms with E-state index in [9.17, 15) is 0 Å². The lowest BCUT2D eigenvalue weighted by atomic mass is 10.1. The molecule has 3 rings (SSSR count). The highest BCUT2D eigenvalue weighted by Gasteiger charge is 2.40. The Hall–Kier alpha value is -1.65. The topological polar surface area (TPSA) is 49.8 Å². The first-order valence-electron chi connectivity index (χ1n) is 6.71. The van der Waals surface area contributed by atoms with E-state index in [2.05, 4.69) is 20.6 Å². The maximum absolute atomic E-state index is 6.18. The Balaban J connectivity index is 1.80. The van der Waals surface area contributed by atoms with Crippen LogP contribution < -0.4 is 10.6 Å². The first kappa shape index (κ1) is 13.3. The molecule has 2 aromatic rings. The highest BCUT2D eigenvalue weighted by molar-refractivity contribution is 6.32. The van der Waals surface area contributed by atoms with Crippen LogP contribution >= 0.6 is 11.6 Å². The Morgan fingerprint density at radius 2 is 2.20 bits per heavy atom. The summed E-state index contributed by atoms with van der Waals surface area (Å²) in [5, 5.41) is 7.29. The number of hydrogen-bond acceptors (Lipinski definition) is 4. The maximum atomic E-state index is 6.18. The highest BCUT2D eigenvalue weighted by atomic mass is 35.5. The van der Waals surface area contributed by atoms with Crippen LogP contribution in [0.3, 0.4) is 0 Å². The van der Waals surface area contributed by atoms with Gasteiger partial charge in [0.15, 0.2) is 0 Å². The Morgan fingerprint density at radius 3 is 2.85 bits per heavy atom. The molecule has 2 aromatic heterocycles. The second-order valence-electron chi connectivity index (χ2n) is 5.19. The number of anilines is 1. The van der Waals surface area contributed by atoms with E-state index in [1.165, 1.54) is 12.8 Å². The SMILES string of the molecule is CNC1(CNc2cnc(Cl)c(-c3cccnc3)c2)CC1. The minimum absolute atomic E-state index is 0.258. The van der Waals surface area contributed by atoms with Gasteiger partial charge in [-0.05, 0) is 32.0 Å². The van der Waals surface area contributed by atoms with Gasteiger partial charge in [0.2, 0.25) is 0 Å². The van der Waals surface area contributed by atoms with Crippen molar-refractivity contribution >= 4 is 17.3 Å². The molecule has 1 fully saturated rings. The summed E-state index contributed by atoms with van der Waals surface area (Å²) in [6.07, 6.45) is 7.74. The lowest BCUT2D eigenvalue weighted by Crippen LogP contribution is -2.34. The normalized spacial score (nSPS) is 15.9. The molecule has 0 aromatic carbocycles. The molecule has 104 valence electrons. The van der Waals surface area contributed by atoms with Crippen LogP contribution in [0, 0.1) is 0 Å². The number of likely N-dealkylation sites (N-methyl/N-ethyl adjacent to an activating group) is 1. The van der Waals surface area contributed by atoms with Gasteiger partial charge < -0.3 is 10.6 Å². The van der Waals surface area contributed by atoms with E-state index in [1.54, 1.807) is 18.6 Å². The van der Waals surface area contributed by atoms with Gasteiger partial charge in [0.05, 0.1) is 11.9 Å². The first-order valence-corrected chi connectivity index (χ1v) is 7.09. The fourth-order valence-electron chi connectivity index (χ4n) is 2.21. The van der Waals surface area contributed by atoms with Crippen molar-refractivity contribution in [2.45, 2.75) is 18.4 Å². The number of hydrogen-bond donors (Lipinski definition) is 2. The Bertz CT molecular complexity index is 596. The third-order valence-electron chi connectivity index (χ3n) is 3.83. The van der Waals surface area contributed by atoms with Gasteiger partial charge in [-0.3, -0.25) is 4.98 Å². The van der Waals surface area contributed by atoms with Crippen LogP contribution in [0.1, 0.15) is 12.8 Å². The van der Waals surface area contributed by atoms with Gasteiger partial charge in [-0.2, -0.15) is 0 Å². The van der Waals surface area contributed by atoms with Gasteiger partial charge in [0.1, 0.15) is 5.15 Å². The number of aromatic nitrogens is 2. The lowest BCUT2D eigenvalue weighted by Gasteiger charge is -2.16. The Labute approximate surface area is 123 Å². The third-order valence-corrected chi connectivity index (χ3v) is 4.13. The van der Waals surface area contributed by atoms with Crippen LogP contribution in [0.4, 0.5) is 5.69 Å². The molecule has 2 heterocycles. The van der Waals surface area contributed by atoms with E-state index in [-0.39, 0.29) is 5.54 Å². The molecule has 0 atom stereocenters. The lowest BCUT2D eigenvalue weighted by molar-refractivity contribution is 0.578. The summed E-state index contributed by atoms with van der Waals surface area (Å²) in [5.74, 6) is 0. The maximum Gasteiger partial charge on any atom is 0.137 e. The fraction of sp³-hybridized carbons (Fsp3) is 0.333. The Morgan fingerprint density at radius 1 is 1.35 bits per heavy atom. The minimum Gasteiger partial charge on any atom is -0.382 e. The fourth-order valence-corrected chi connectivity index (χ4v) is 2.42. The first-order chi connectivity index (χ1) is 9.72. The molecule has 0 spiro atoms. The van der Waals surface area contributed by atoms with Crippen molar-refractivity contribution in [3.05, 3.63) is 41.9 Å². The molecule has 0 aliphatic heterocycles. The van der Waals surface area contributed by atoms with Gasteiger partial charge in [-0.15, -0.1) is 0 Å². The van der Waals surface area contributed by atoms with Crippen LogP contribution in [-0.4, -0.2) is 29.1 Å². The molecule has 0 bridgehead atoms. The molecule has 20 heavy (non-hydrogen) atoms. The second-order valence-corrected chi connectivity index (χ2v) is 5.55. The molecule has 0 radical (unpaired) electrons. The van der Waals surface area contributed by atoms with Crippen LogP contribution in [0.15, 0.2) is 36.8 Å². The third kappa shape index (κ3) is 2.76. The molecule has 1 aliphatic carbocycles. The molecular formula is C15H17ClN4. The summed E-state index contributed by atoms with van der Waals surface area (Å²) in [5.41, 5.74) is 3.12. The predicted octanol–water partition coefficient (Wildman–Crippen LogP) is 2.96. The van der Waals surface area contributed by atoms with Crippen molar-refractivity contribution in [3.63, 3.8) is 0 Å². The van der Waals surface area contributed by atoms with Crippen molar-refractivity contribution in [2.24, 2.45) is 0 Å². The summed E-state index contributed by atoms with van der Waals surface area (Å²) in [4.78, 5) is 8.38. The molecule has 1 aliphatic rings. The van der Waals surface area contributed by atoms with Gasteiger partial charge in [-0.25, -0.2) is 4.98 Å². The second kappa shape index (κ2) is 5.38. The van der Waals surface area contributed by atoms with Crippen LogP contribution in [0.2, 0.25) is 5.15 Å². The number of rotatable bonds is 5. The van der Waals surface area contributed by atoms with Crippen LogP contribution in [0.25, 0.3) is 11.1 Å². The van der Waals surface area contributed by atoms with Crippen molar-refractivity contribution < 1.29 is 0 Å². The van der Waals surface area contributed by atoms with Crippen molar-refractivity contribution in [3.8, 4) is 11.1 Å². The minimum atomic E-state index is 0.258. The molecule has 0 saturated heterocycles. The van der Waals surface area contributed by atoms with Gasteiger partial charge in [0, 0.05) is 35.6 Å². The summed E-state index contributed by atoms with van der Waals surface area (Å²) in [6.45, 7) is 0.902. The average molecular weight is 289 g/mol. The number of halogens is 1. The van der Waals surface area contributed by atoms with E-state index >= 15 is 0 Å². The molecule has 0 amide bonds. The molecule has 5 heteroatoms. The van der Waals surface area contributed by atoms with Gasteiger partial charge >= 0.3 is 0 Å². The van der Waals surface area contributed by atoms with Crippen molar-refractivity contribution in [1.29, 1.82) is 0 Å². The van der Waals surface area contributed by atoms with E-state index in [1.807, 2.05) is 25.2 Å². The van der Waals surface area contributed by atoms with Gasteiger partial charge in [0.25, 0.3) is 0 Å². The molecule has 1 saturated carbocycles. The van der Waals surface area contributed by atoms with E-state index in [4.69, 9.17) is 11.6 Å². The number of nitrogens with zero attached hydrogens (tertiary/aromatic N) is 2. The van der Waals surface area contributed by atoms with E-state index in [0.29, 0.717) is 5.15 Å². The average Bonchev–Trinajstić information content (AvgIpc) is 3.28. The standard InChI is InChI=1S/C15H17ClN4/c1-17-15(4-5-15)10-20-12-7-13(14(16)19-9-12)11-3-2-6-18-8-11/h2-3,6-9,17,20H,4-5,10H2,1H3. The summed E-state index contributed by atoms with van der Waals surface area (Å²) in [7, 11) is 2.01. The largest absolute Gasteiger partial charge is 0.382 e. The molecular weight excluding hydrogens is 272 g/mol. The predicted molar refractivity (Wildman–Crippen MR) is 82.0 cm³/mol. The highest BCUT2D eigenvalue weighted by Crippen LogP contribution is 2.35. The van der Waals surface area contributed by atoms with Gasteiger partial charge in [-0.1, -0.05) is 17.7 Å². The van der Waals surface area contributed by atoms with E-state index in [0.717, 1.165) is 23.4 Å². The molecule has 2 N–H and O–H groups in total. The summed E-state index contributed by atoms with van der Waals surface area (Å²) in [6, 6.07) is 5.90. The molecule has 0 unspecified atom stereocenters. The number of nitrogens with one attached hydrogen (secondary N) is 2. The van der Waals surface area contributed by atoms with Crippen LogP contribution in [-0.2, 0) is 0 Å². The zero-order valence-electron chi connectivity index (χ0n) is 11.4. The smallest absolute Gasteiger partial charge is 0.137 e. The monoisotopic (exact) mass is 288 g/mol. The van der Waals surface area contributed by atoms with Crippen molar-refractivity contribution in [2.75, 3.05) is 18.9 Å². The summed E-state index contributed by atoms with van der Waals surface area (Å²) < 4.78 is 0. The van der Waals surface area contributed by atoms with Crippen LogP contribution in [0.5, 0.6) is 0 Å².